The molecule has 2 N–H and O–H groups in total. The van der Waals surface area contributed by atoms with Gasteiger partial charge in [-0.2, -0.15) is 5.10 Å². The predicted octanol–water partition coefficient (Wildman–Crippen LogP) is 4.56. The number of nitrogens with one attached hydrogen (secondary N) is 2. The van der Waals surface area contributed by atoms with Crippen molar-refractivity contribution in [3.05, 3.63) is 72.3 Å². The molecule has 0 unspecified atom stereocenters. The fourth-order valence-corrected chi connectivity index (χ4v) is 2.65. The van der Waals surface area contributed by atoms with Crippen LogP contribution in [0.4, 0.5) is 5.69 Å². The summed E-state index contributed by atoms with van der Waals surface area (Å²) < 4.78 is 5.42. The summed E-state index contributed by atoms with van der Waals surface area (Å²) in [5.74, 6) is 0.834. The molecule has 3 rings (SSSR count). The average molecular weight is 349 g/mol. The van der Waals surface area contributed by atoms with E-state index in [9.17, 15) is 0 Å². The van der Waals surface area contributed by atoms with Gasteiger partial charge in [0.15, 0.2) is 5.11 Å². The highest BCUT2D eigenvalue weighted by Gasteiger charge is 1.99. The molecule has 3 aromatic carbocycles. The Kier molecular flexibility index (Phi) is 5.59. The van der Waals surface area contributed by atoms with Crippen molar-refractivity contribution in [2.45, 2.75) is 6.92 Å². The lowest BCUT2D eigenvalue weighted by Crippen LogP contribution is -2.23. The molecule has 5 heteroatoms. The standard InChI is InChI=1S/C20H19N3OS/c1-2-24-18-12-10-17(11-13-18)22-20(25)23-21-14-16-8-5-7-15-6-3-4-9-19(15)16/h3-14H,2H2,1H3,(H2,22,23,25). The van der Waals surface area contributed by atoms with Gasteiger partial charge in [0.05, 0.1) is 12.8 Å². The van der Waals surface area contributed by atoms with E-state index in [4.69, 9.17) is 17.0 Å². The third kappa shape index (κ3) is 4.55. The highest BCUT2D eigenvalue weighted by Crippen LogP contribution is 2.17. The van der Waals surface area contributed by atoms with Crippen LogP contribution in [0.1, 0.15) is 12.5 Å². The summed E-state index contributed by atoms with van der Waals surface area (Å²) in [7, 11) is 0. The van der Waals surface area contributed by atoms with E-state index in [0.717, 1.165) is 22.4 Å². The fraction of sp³-hybridized carbons (Fsp3) is 0.100. The van der Waals surface area contributed by atoms with E-state index in [1.807, 2.05) is 55.5 Å². The summed E-state index contributed by atoms with van der Waals surface area (Å²) in [4.78, 5) is 0. The van der Waals surface area contributed by atoms with E-state index in [1.165, 1.54) is 5.39 Å². The number of fused-ring (bicyclic) bond motifs is 1. The SMILES string of the molecule is CCOc1ccc(NC(=S)NN=Cc2cccc3ccccc23)cc1. The zero-order valence-corrected chi connectivity index (χ0v) is 14.7. The first kappa shape index (κ1) is 16.9. The van der Waals surface area contributed by atoms with Crippen molar-refractivity contribution in [2.24, 2.45) is 5.10 Å². The lowest BCUT2D eigenvalue weighted by Gasteiger charge is -2.08. The minimum Gasteiger partial charge on any atom is -0.494 e. The first-order valence-electron chi connectivity index (χ1n) is 8.07. The Morgan fingerprint density at radius 1 is 1.04 bits per heavy atom. The highest BCUT2D eigenvalue weighted by molar-refractivity contribution is 7.80. The molecule has 0 amide bonds. The summed E-state index contributed by atoms with van der Waals surface area (Å²) >= 11 is 5.26. The van der Waals surface area contributed by atoms with Crippen LogP contribution in [-0.4, -0.2) is 17.9 Å². The molecule has 0 spiro atoms. The Labute approximate surface area is 152 Å². The van der Waals surface area contributed by atoms with Gasteiger partial charge in [-0.1, -0.05) is 42.5 Å². The minimum absolute atomic E-state index is 0.431. The van der Waals surface area contributed by atoms with Crippen LogP contribution in [0.15, 0.2) is 71.8 Å². The molecule has 25 heavy (non-hydrogen) atoms. The second kappa shape index (κ2) is 8.26. The molecule has 0 aliphatic heterocycles. The first-order valence-corrected chi connectivity index (χ1v) is 8.48. The molecule has 0 aliphatic rings. The van der Waals surface area contributed by atoms with Crippen LogP contribution in [0.5, 0.6) is 5.75 Å². The van der Waals surface area contributed by atoms with Crippen LogP contribution in [0, 0.1) is 0 Å². The van der Waals surface area contributed by atoms with E-state index >= 15 is 0 Å². The number of rotatable bonds is 5. The summed E-state index contributed by atoms with van der Waals surface area (Å²) in [6.45, 7) is 2.61. The van der Waals surface area contributed by atoms with Crippen LogP contribution in [0.25, 0.3) is 10.8 Å². The third-order valence-corrected chi connectivity index (χ3v) is 3.81. The van der Waals surface area contributed by atoms with Crippen LogP contribution >= 0.6 is 12.2 Å². The Hall–Kier alpha value is -2.92. The number of ether oxygens (including phenoxy) is 1. The quantitative estimate of drug-likeness (QED) is 0.403. The van der Waals surface area contributed by atoms with Crippen molar-refractivity contribution in [1.82, 2.24) is 5.43 Å². The van der Waals surface area contributed by atoms with E-state index in [1.54, 1.807) is 6.21 Å². The number of nitrogens with zero attached hydrogens (tertiary/aromatic N) is 1. The van der Waals surface area contributed by atoms with E-state index in [2.05, 4.69) is 34.0 Å². The highest BCUT2D eigenvalue weighted by atomic mass is 32.1. The third-order valence-electron chi connectivity index (χ3n) is 3.62. The minimum atomic E-state index is 0.431. The summed E-state index contributed by atoms with van der Waals surface area (Å²) in [5.41, 5.74) is 4.76. The fourth-order valence-electron chi connectivity index (χ4n) is 2.48. The molecule has 0 saturated carbocycles. The van der Waals surface area contributed by atoms with Crippen molar-refractivity contribution < 1.29 is 4.74 Å². The molecule has 0 fully saturated rings. The van der Waals surface area contributed by atoms with Crippen LogP contribution in [0.3, 0.4) is 0 Å². The predicted molar refractivity (Wildman–Crippen MR) is 109 cm³/mol. The normalized spacial score (nSPS) is 10.8. The van der Waals surface area contributed by atoms with Crippen molar-refractivity contribution in [3.8, 4) is 5.75 Å². The molecular formula is C20H19N3OS. The van der Waals surface area contributed by atoms with Gasteiger partial charge in [-0.25, -0.2) is 0 Å². The number of hydrazone groups is 1. The van der Waals surface area contributed by atoms with Gasteiger partial charge in [0.2, 0.25) is 0 Å². The lowest BCUT2D eigenvalue weighted by molar-refractivity contribution is 0.340. The van der Waals surface area contributed by atoms with Crippen molar-refractivity contribution in [3.63, 3.8) is 0 Å². The van der Waals surface area contributed by atoms with Gasteiger partial charge in [-0.05, 0) is 54.2 Å². The Morgan fingerprint density at radius 2 is 1.80 bits per heavy atom. The maximum atomic E-state index is 5.42. The van der Waals surface area contributed by atoms with Crippen molar-refractivity contribution in [1.29, 1.82) is 0 Å². The number of anilines is 1. The van der Waals surface area contributed by atoms with E-state index in [-0.39, 0.29) is 0 Å². The molecule has 126 valence electrons. The first-order chi connectivity index (χ1) is 12.3. The van der Waals surface area contributed by atoms with Gasteiger partial charge >= 0.3 is 0 Å². The summed E-state index contributed by atoms with van der Waals surface area (Å²) in [5, 5.41) is 10.1. The summed E-state index contributed by atoms with van der Waals surface area (Å²) in [6, 6.07) is 21.9. The number of thiocarbonyl (C=S) groups is 1. The second-order valence-corrected chi connectivity index (χ2v) is 5.76. The van der Waals surface area contributed by atoms with Gasteiger partial charge in [0.25, 0.3) is 0 Å². The average Bonchev–Trinajstić information content (AvgIpc) is 2.64. The molecule has 0 bridgehead atoms. The second-order valence-electron chi connectivity index (χ2n) is 5.35. The van der Waals surface area contributed by atoms with E-state index in [0.29, 0.717) is 11.7 Å². The van der Waals surface area contributed by atoms with Gasteiger partial charge in [-0.3, -0.25) is 5.43 Å². The molecule has 3 aromatic rings. The molecule has 0 heterocycles. The Morgan fingerprint density at radius 3 is 2.60 bits per heavy atom. The molecule has 0 radical (unpaired) electrons. The van der Waals surface area contributed by atoms with Gasteiger partial charge < -0.3 is 10.1 Å². The molecule has 4 nitrogen and oxygen atoms in total. The molecule has 0 atom stereocenters. The van der Waals surface area contributed by atoms with E-state index < -0.39 is 0 Å². The van der Waals surface area contributed by atoms with Crippen LogP contribution in [0.2, 0.25) is 0 Å². The van der Waals surface area contributed by atoms with Crippen molar-refractivity contribution in [2.75, 3.05) is 11.9 Å². The maximum absolute atomic E-state index is 5.42. The van der Waals surface area contributed by atoms with Crippen molar-refractivity contribution >= 4 is 40.0 Å². The Balaban J connectivity index is 1.60. The number of benzene rings is 3. The molecule has 0 aromatic heterocycles. The molecule has 0 saturated heterocycles. The summed E-state index contributed by atoms with van der Waals surface area (Å²) in [6.07, 6.45) is 1.77. The Bertz CT molecular complexity index is 886. The number of hydrogen-bond acceptors (Lipinski definition) is 3. The van der Waals surface area contributed by atoms with Crippen LogP contribution < -0.4 is 15.5 Å². The zero-order chi connectivity index (χ0) is 17.5. The topological polar surface area (TPSA) is 45.6 Å². The molecular weight excluding hydrogens is 330 g/mol. The number of hydrogen-bond donors (Lipinski definition) is 2. The zero-order valence-electron chi connectivity index (χ0n) is 13.9. The van der Waals surface area contributed by atoms with Gasteiger partial charge in [0.1, 0.15) is 5.75 Å². The van der Waals surface area contributed by atoms with Gasteiger partial charge in [-0.15, -0.1) is 0 Å². The largest absolute Gasteiger partial charge is 0.494 e. The van der Waals surface area contributed by atoms with Gasteiger partial charge in [0, 0.05) is 11.3 Å². The molecule has 0 aliphatic carbocycles. The monoisotopic (exact) mass is 349 g/mol. The maximum Gasteiger partial charge on any atom is 0.191 e. The smallest absolute Gasteiger partial charge is 0.191 e. The van der Waals surface area contributed by atoms with Crippen LogP contribution in [-0.2, 0) is 0 Å². The lowest BCUT2D eigenvalue weighted by atomic mass is 10.1.